The van der Waals surface area contributed by atoms with Gasteiger partial charge in [-0.25, -0.2) is 4.98 Å². The molecule has 0 aliphatic carbocycles. The van der Waals surface area contributed by atoms with Crippen molar-refractivity contribution in [1.82, 2.24) is 19.7 Å². The maximum atomic E-state index is 12.7. The number of nitrogens with zero attached hydrogens (tertiary/aromatic N) is 4. The minimum Gasteiger partial charge on any atom is -0.301 e. The summed E-state index contributed by atoms with van der Waals surface area (Å²) in [5.41, 5.74) is 2.71. The van der Waals surface area contributed by atoms with Gasteiger partial charge in [0.2, 0.25) is 5.91 Å². The lowest BCUT2D eigenvalue weighted by Gasteiger charge is -2.10. The van der Waals surface area contributed by atoms with Gasteiger partial charge < -0.3 is 5.32 Å². The summed E-state index contributed by atoms with van der Waals surface area (Å²) in [7, 11) is 0. The predicted molar refractivity (Wildman–Crippen MR) is 153 cm³/mol. The molecule has 186 valence electrons. The summed E-state index contributed by atoms with van der Waals surface area (Å²) in [6.45, 7) is 0. The van der Waals surface area contributed by atoms with E-state index in [1.807, 2.05) is 65.2 Å². The van der Waals surface area contributed by atoms with Gasteiger partial charge in [0.15, 0.2) is 16.1 Å². The zero-order chi connectivity index (χ0) is 25.8. The molecular weight excluding hydrogens is 569 g/mol. The monoisotopic (exact) mass is 585 g/mol. The van der Waals surface area contributed by atoms with Crippen LogP contribution in [0.4, 0.5) is 5.13 Å². The number of thioether (sulfide) groups is 1. The van der Waals surface area contributed by atoms with Crippen LogP contribution in [0.3, 0.4) is 0 Å². The van der Waals surface area contributed by atoms with Crippen molar-refractivity contribution in [2.24, 2.45) is 0 Å². The quantitative estimate of drug-likeness (QED) is 0.189. The van der Waals surface area contributed by atoms with E-state index in [9.17, 15) is 4.79 Å². The second-order valence-corrected chi connectivity index (χ2v) is 11.2. The van der Waals surface area contributed by atoms with Crippen molar-refractivity contribution >= 4 is 68.9 Å². The number of halogens is 3. The number of aromatic nitrogens is 4. The molecule has 0 atom stereocenters. The van der Waals surface area contributed by atoms with Crippen LogP contribution in [-0.2, 0) is 11.2 Å². The van der Waals surface area contributed by atoms with Crippen molar-refractivity contribution < 1.29 is 4.79 Å². The number of thiazole rings is 1. The Morgan fingerprint density at radius 2 is 1.70 bits per heavy atom. The maximum Gasteiger partial charge on any atom is 0.236 e. The van der Waals surface area contributed by atoms with E-state index in [1.165, 1.54) is 23.1 Å². The molecule has 0 aliphatic rings. The molecule has 0 saturated carbocycles. The number of nitrogens with one attached hydrogen (secondary N) is 1. The van der Waals surface area contributed by atoms with E-state index >= 15 is 0 Å². The Morgan fingerprint density at radius 3 is 2.46 bits per heavy atom. The van der Waals surface area contributed by atoms with Crippen LogP contribution in [-0.4, -0.2) is 31.4 Å². The third kappa shape index (κ3) is 6.34. The first-order chi connectivity index (χ1) is 18.0. The summed E-state index contributed by atoms with van der Waals surface area (Å²) in [6, 6.07) is 22.6. The van der Waals surface area contributed by atoms with Gasteiger partial charge in [-0.1, -0.05) is 83.0 Å². The number of anilines is 1. The Balaban J connectivity index is 1.28. The summed E-state index contributed by atoms with van der Waals surface area (Å²) in [5, 5.41) is 14.6. The van der Waals surface area contributed by atoms with Crippen molar-refractivity contribution in [2.75, 3.05) is 11.1 Å². The minimum atomic E-state index is -0.192. The Hall–Kier alpha value is -2.88. The van der Waals surface area contributed by atoms with Crippen LogP contribution < -0.4 is 5.32 Å². The number of carbonyl (C=O) groups is 1. The smallest absolute Gasteiger partial charge is 0.236 e. The fourth-order valence-corrected chi connectivity index (χ4v) is 5.75. The fourth-order valence-electron chi connectivity index (χ4n) is 3.55. The van der Waals surface area contributed by atoms with Gasteiger partial charge in [0.1, 0.15) is 0 Å². The molecule has 5 rings (SSSR count). The van der Waals surface area contributed by atoms with Crippen LogP contribution in [0.5, 0.6) is 0 Å². The highest BCUT2D eigenvalue weighted by Gasteiger charge is 2.18. The third-order valence-corrected chi connectivity index (χ3v) is 7.94. The molecule has 2 heterocycles. The van der Waals surface area contributed by atoms with E-state index in [0.29, 0.717) is 37.6 Å². The van der Waals surface area contributed by atoms with E-state index in [2.05, 4.69) is 20.5 Å². The maximum absolute atomic E-state index is 12.7. The number of carbonyl (C=O) groups excluding carboxylic acids is 1. The van der Waals surface area contributed by atoms with Crippen LogP contribution in [0.15, 0.2) is 84.1 Å². The first kappa shape index (κ1) is 25.8. The summed E-state index contributed by atoms with van der Waals surface area (Å²) in [4.78, 5) is 18.0. The number of amides is 1. The summed E-state index contributed by atoms with van der Waals surface area (Å²) in [5.74, 6) is 0.622. The highest BCUT2D eigenvalue weighted by molar-refractivity contribution is 7.99. The number of hydrogen-bond acceptors (Lipinski definition) is 6. The van der Waals surface area contributed by atoms with Crippen LogP contribution in [0, 0.1) is 0 Å². The minimum absolute atomic E-state index is 0.137. The Labute approximate surface area is 236 Å². The molecule has 0 aliphatic heterocycles. The second-order valence-electron chi connectivity index (χ2n) is 7.87. The zero-order valence-corrected chi connectivity index (χ0v) is 23.0. The number of hydrogen-bond donors (Lipinski definition) is 1. The molecule has 0 radical (unpaired) electrons. The van der Waals surface area contributed by atoms with Gasteiger partial charge in [0.05, 0.1) is 5.75 Å². The lowest BCUT2D eigenvalue weighted by atomic mass is 10.1. The molecule has 0 saturated heterocycles. The lowest BCUT2D eigenvalue weighted by molar-refractivity contribution is -0.113. The molecule has 0 bridgehead atoms. The molecule has 1 N–H and O–H groups in total. The molecule has 1 amide bonds. The molecule has 0 unspecified atom stereocenters. The van der Waals surface area contributed by atoms with Gasteiger partial charge in [-0.15, -0.1) is 21.5 Å². The summed E-state index contributed by atoms with van der Waals surface area (Å²) < 4.78 is 1.92. The molecule has 0 fully saturated rings. The van der Waals surface area contributed by atoms with E-state index in [-0.39, 0.29) is 11.7 Å². The number of rotatable bonds is 8. The third-order valence-electron chi connectivity index (χ3n) is 5.26. The van der Waals surface area contributed by atoms with E-state index < -0.39 is 0 Å². The first-order valence-electron chi connectivity index (χ1n) is 11.0. The largest absolute Gasteiger partial charge is 0.301 e. The average molecular weight is 587 g/mol. The summed E-state index contributed by atoms with van der Waals surface area (Å²) in [6.07, 6.45) is 2.34. The van der Waals surface area contributed by atoms with Gasteiger partial charge in [0, 0.05) is 43.8 Å². The Bertz CT molecular complexity index is 1540. The standard InChI is InChI=1S/C26H18Cl3N5OS2/c27-18-8-10-20(11-9-18)34-24(16-4-2-1-3-5-16)32-33-26(34)36-15-23(35)31-25-30-14-21(37-25)12-17-6-7-19(28)13-22(17)29/h1-11,13-14H,12,15H2,(H,30,31,35). The SMILES string of the molecule is O=C(CSc1nnc(-c2ccccc2)n1-c1ccc(Cl)cc1)Nc1ncc(Cc2ccc(Cl)cc2Cl)s1. The van der Waals surface area contributed by atoms with Gasteiger partial charge in [-0.3, -0.25) is 9.36 Å². The van der Waals surface area contributed by atoms with Gasteiger partial charge >= 0.3 is 0 Å². The zero-order valence-electron chi connectivity index (χ0n) is 19.1. The predicted octanol–water partition coefficient (Wildman–Crippen LogP) is 7.67. The summed E-state index contributed by atoms with van der Waals surface area (Å²) >= 11 is 21.1. The van der Waals surface area contributed by atoms with Crippen molar-refractivity contribution in [3.05, 3.63) is 105 Å². The lowest BCUT2D eigenvalue weighted by Crippen LogP contribution is -2.14. The fraction of sp³-hybridized carbons (Fsp3) is 0.0769. The Kier molecular flexibility index (Phi) is 8.12. The van der Waals surface area contributed by atoms with E-state index in [4.69, 9.17) is 34.8 Å². The van der Waals surface area contributed by atoms with Crippen molar-refractivity contribution in [2.45, 2.75) is 11.6 Å². The highest BCUT2D eigenvalue weighted by atomic mass is 35.5. The molecule has 2 aromatic heterocycles. The van der Waals surface area contributed by atoms with Gasteiger partial charge in [-0.05, 0) is 42.0 Å². The van der Waals surface area contributed by atoms with Crippen LogP contribution in [0.25, 0.3) is 17.1 Å². The normalized spacial score (nSPS) is 11.0. The molecule has 5 aromatic rings. The van der Waals surface area contributed by atoms with E-state index in [0.717, 1.165) is 21.7 Å². The van der Waals surface area contributed by atoms with Crippen molar-refractivity contribution in [3.63, 3.8) is 0 Å². The Morgan fingerprint density at radius 1 is 0.946 bits per heavy atom. The molecule has 6 nitrogen and oxygen atoms in total. The van der Waals surface area contributed by atoms with Crippen LogP contribution in [0.2, 0.25) is 15.1 Å². The van der Waals surface area contributed by atoms with Gasteiger partial charge in [0.25, 0.3) is 0 Å². The van der Waals surface area contributed by atoms with Crippen LogP contribution >= 0.6 is 57.9 Å². The van der Waals surface area contributed by atoms with E-state index in [1.54, 1.807) is 18.3 Å². The highest BCUT2D eigenvalue weighted by Crippen LogP contribution is 2.30. The average Bonchev–Trinajstić information content (AvgIpc) is 3.52. The molecule has 3 aromatic carbocycles. The van der Waals surface area contributed by atoms with Crippen LogP contribution in [0.1, 0.15) is 10.4 Å². The molecule has 37 heavy (non-hydrogen) atoms. The second kappa shape index (κ2) is 11.7. The van der Waals surface area contributed by atoms with Crippen molar-refractivity contribution in [1.29, 1.82) is 0 Å². The molecular formula is C26H18Cl3N5OS2. The van der Waals surface area contributed by atoms with Gasteiger partial charge in [-0.2, -0.15) is 0 Å². The molecule has 0 spiro atoms. The first-order valence-corrected chi connectivity index (χ1v) is 14.0. The van der Waals surface area contributed by atoms with Crippen molar-refractivity contribution in [3.8, 4) is 17.1 Å². The number of benzene rings is 3. The molecule has 11 heteroatoms. The topological polar surface area (TPSA) is 72.7 Å².